The number of aromatic nitrogens is 3. The van der Waals surface area contributed by atoms with Crippen molar-refractivity contribution in [3.63, 3.8) is 0 Å². The summed E-state index contributed by atoms with van der Waals surface area (Å²) in [6.07, 6.45) is 0.658. The first-order valence-electron chi connectivity index (χ1n) is 8.79. The first-order valence-corrected chi connectivity index (χ1v) is 8.79. The van der Waals surface area contributed by atoms with Crippen LogP contribution in [0.25, 0.3) is 5.65 Å². The number of carbonyl (C=O) groups excluding carboxylic acids is 2. The van der Waals surface area contributed by atoms with Gasteiger partial charge in [-0.15, -0.1) is 5.10 Å². The van der Waals surface area contributed by atoms with Gasteiger partial charge in [0, 0.05) is 6.54 Å². The SMILES string of the molecule is C[C@H]1OCC(=O)N(Cc2ccccc2)[C@@H]1C(=O)Nc1nc2ccc(F)cn2n1. The van der Waals surface area contributed by atoms with E-state index in [2.05, 4.69) is 15.4 Å². The van der Waals surface area contributed by atoms with Crippen LogP contribution < -0.4 is 5.32 Å². The third kappa shape index (κ3) is 3.56. The molecular formula is C19H18FN5O3. The van der Waals surface area contributed by atoms with Crippen LogP contribution >= 0.6 is 0 Å². The zero-order valence-electron chi connectivity index (χ0n) is 15.1. The summed E-state index contributed by atoms with van der Waals surface area (Å²) < 4.78 is 20.0. The van der Waals surface area contributed by atoms with Crippen LogP contribution in [0.4, 0.5) is 10.3 Å². The van der Waals surface area contributed by atoms with Crippen LogP contribution in [-0.4, -0.2) is 50.1 Å². The lowest BCUT2D eigenvalue weighted by Gasteiger charge is -2.38. The second kappa shape index (κ2) is 7.35. The standard InChI is InChI=1S/C19H18FN5O3/c1-12-17(24(16(26)11-28-12)9-13-5-3-2-4-6-13)18(27)22-19-21-15-8-7-14(20)10-25(15)23-19/h2-8,10,12,17H,9,11H2,1H3,(H,22,23,27)/t12-,17+/m1/s1. The number of anilines is 1. The van der Waals surface area contributed by atoms with E-state index in [1.54, 1.807) is 6.92 Å². The molecule has 1 N–H and O–H groups in total. The lowest BCUT2D eigenvalue weighted by atomic mass is 10.1. The highest BCUT2D eigenvalue weighted by Crippen LogP contribution is 2.20. The predicted octanol–water partition coefficient (Wildman–Crippen LogP) is 1.62. The molecule has 2 atom stereocenters. The molecular weight excluding hydrogens is 365 g/mol. The van der Waals surface area contributed by atoms with E-state index in [4.69, 9.17) is 4.74 Å². The minimum atomic E-state index is -0.843. The molecule has 0 aliphatic carbocycles. The number of carbonyl (C=O) groups is 2. The summed E-state index contributed by atoms with van der Waals surface area (Å²) >= 11 is 0. The lowest BCUT2D eigenvalue weighted by Crippen LogP contribution is -2.58. The van der Waals surface area contributed by atoms with Gasteiger partial charge in [0.2, 0.25) is 11.9 Å². The van der Waals surface area contributed by atoms with Crippen LogP contribution in [0.5, 0.6) is 0 Å². The fourth-order valence-corrected chi connectivity index (χ4v) is 3.20. The van der Waals surface area contributed by atoms with Gasteiger partial charge in [-0.2, -0.15) is 4.98 Å². The molecule has 1 aliphatic heterocycles. The summed E-state index contributed by atoms with van der Waals surface area (Å²) in [5, 5.41) is 6.66. The van der Waals surface area contributed by atoms with Gasteiger partial charge >= 0.3 is 0 Å². The molecule has 3 heterocycles. The lowest BCUT2D eigenvalue weighted by molar-refractivity contribution is -0.161. The van der Waals surface area contributed by atoms with Crippen molar-refractivity contribution in [3.8, 4) is 0 Å². The van der Waals surface area contributed by atoms with Gasteiger partial charge in [0.25, 0.3) is 5.91 Å². The zero-order chi connectivity index (χ0) is 19.7. The van der Waals surface area contributed by atoms with Crippen LogP contribution in [0.3, 0.4) is 0 Å². The number of nitrogens with zero attached hydrogens (tertiary/aromatic N) is 4. The van der Waals surface area contributed by atoms with E-state index in [9.17, 15) is 14.0 Å². The Kier molecular flexibility index (Phi) is 4.74. The van der Waals surface area contributed by atoms with E-state index >= 15 is 0 Å². The highest BCUT2D eigenvalue weighted by molar-refractivity contribution is 5.97. The van der Waals surface area contributed by atoms with Gasteiger partial charge in [-0.1, -0.05) is 30.3 Å². The Morgan fingerprint density at radius 1 is 1.29 bits per heavy atom. The second-order valence-corrected chi connectivity index (χ2v) is 6.54. The number of ether oxygens (including phenoxy) is 1. The number of morpholine rings is 1. The molecule has 1 aromatic carbocycles. The molecule has 1 aliphatic rings. The van der Waals surface area contributed by atoms with E-state index in [-0.39, 0.29) is 25.0 Å². The van der Waals surface area contributed by atoms with Crippen molar-refractivity contribution in [1.82, 2.24) is 19.5 Å². The number of pyridine rings is 1. The molecule has 2 aromatic heterocycles. The fourth-order valence-electron chi connectivity index (χ4n) is 3.20. The largest absolute Gasteiger partial charge is 0.366 e. The molecule has 1 fully saturated rings. The van der Waals surface area contributed by atoms with E-state index in [1.807, 2.05) is 30.3 Å². The van der Waals surface area contributed by atoms with Gasteiger partial charge in [0.05, 0.1) is 12.3 Å². The Balaban J connectivity index is 1.57. The van der Waals surface area contributed by atoms with Crippen LogP contribution in [0.1, 0.15) is 12.5 Å². The Bertz CT molecular complexity index is 1020. The van der Waals surface area contributed by atoms with E-state index in [0.717, 1.165) is 11.8 Å². The van der Waals surface area contributed by atoms with Crippen molar-refractivity contribution in [3.05, 3.63) is 60.0 Å². The maximum absolute atomic E-state index is 13.3. The summed E-state index contributed by atoms with van der Waals surface area (Å²) in [5.41, 5.74) is 1.30. The third-order valence-corrected chi connectivity index (χ3v) is 4.56. The third-order valence-electron chi connectivity index (χ3n) is 4.56. The first kappa shape index (κ1) is 18.1. The Labute approximate surface area is 159 Å². The number of nitrogens with one attached hydrogen (secondary N) is 1. The van der Waals surface area contributed by atoms with Gasteiger partial charge in [0.15, 0.2) is 5.65 Å². The van der Waals surface area contributed by atoms with Crippen LogP contribution in [-0.2, 0) is 20.9 Å². The van der Waals surface area contributed by atoms with E-state index in [0.29, 0.717) is 5.65 Å². The molecule has 0 saturated carbocycles. The number of hydrogen-bond donors (Lipinski definition) is 1. The zero-order valence-corrected chi connectivity index (χ0v) is 15.1. The van der Waals surface area contributed by atoms with Crippen molar-refractivity contribution in [1.29, 1.82) is 0 Å². The number of hydrogen-bond acceptors (Lipinski definition) is 5. The van der Waals surface area contributed by atoms with Crippen molar-refractivity contribution in [2.45, 2.75) is 25.6 Å². The van der Waals surface area contributed by atoms with Crippen molar-refractivity contribution in [2.24, 2.45) is 0 Å². The number of rotatable bonds is 4. The Morgan fingerprint density at radius 3 is 2.86 bits per heavy atom. The molecule has 0 bridgehead atoms. The molecule has 0 unspecified atom stereocenters. The average molecular weight is 383 g/mol. The van der Waals surface area contributed by atoms with E-state index < -0.39 is 23.9 Å². The van der Waals surface area contributed by atoms with Crippen LogP contribution in [0.15, 0.2) is 48.7 Å². The summed E-state index contributed by atoms with van der Waals surface area (Å²) in [6.45, 7) is 1.94. The van der Waals surface area contributed by atoms with Gasteiger partial charge in [0.1, 0.15) is 18.5 Å². The number of benzene rings is 1. The van der Waals surface area contributed by atoms with Gasteiger partial charge in [-0.05, 0) is 24.6 Å². The van der Waals surface area contributed by atoms with Gasteiger partial charge < -0.3 is 9.64 Å². The highest BCUT2D eigenvalue weighted by Gasteiger charge is 2.39. The van der Waals surface area contributed by atoms with Crippen molar-refractivity contribution in [2.75, 3.05) is 11.9 Å². The second-order valence-electron chi connectivity index (χ2n) is 6.54. The maximum atomic E-state index is 13.3. The fraction of sp³-hybridized carbons (Fsp3) is 0.263. The summed E-state index contributed by atoms with van der Waals surface area (Å²) in [4.78, 5) is 31.0. The Morgan fingerprint density at radius 2 is 2.07 bits per heavy atom. The maximum Gasteiger partial charge on any atom is 0.252 e. The average Bonchev–Trinajstić information content (AvgIpc) is 3.06. The molecule has 3 aromatic rings. The quantitative estimate of drug-likeness (QED) is 0.740. The van der Waals surface area contributed by atoms with E-state index in [1.165, 1.54) is 21.5 Å². The predicted molar refractivity (Wildman–Crippen MR) is 97.8 cm³/mol. The smallest absolute Gasteiger partial charge is 0.252 e. The van der Waals surface area contributed by atoms with Crippen molar-refractivity contribution < 1.29 is 18.7 Å². The molecule has 144 valence electrons. The van der Waals surface area contributed by atoms with Gasteiger partial charge in [-0.3, -0.25) is 14.9 Å². The number of fused-ring (bicyclic) bond motifs is 1. The topological polar surface area (TPSA) is 88.8 Å². The van der Waals surface area contributed by atoms with Crippen LogP contribution in [0, 0.1) is 5.82 Å². The number of amides is 2. The molecule has 8 nitrogen and oxygen atoms in total. The number of halogens is 1. The molecule has 4 rings (SSSR count). The Hall–Kier alpha value is -3.33. The summed E-state index contributed by atoms with van der Waals surface area (Å²) in [7, 11) is 0. The molecule has 9 heteroatoms. The normalized spacial score (nSPS) is 19.8. The minimum Gasteiger partial charge on any atom is -0.366 e. The molecule has 2 amide bonds. The molecule has 1 saturated heterocycles. The monoisotopic (exact) mass is 383 g/mol. The summed E-state index contributed by atoms with van der Waals surface area (Å²) in [5.74, 6) is -1.18. The first-order chi connectivity index (χ1) is 13.5. The molecule has 28 heavy (non-hydrogen) atoms. The van der Waals surface area contributed by atoms with Gasteiger partial charge in [-0.25, -0.2) is 8.91 Å². The van der Waals surface area contributed by atoms with Crippen molar-refractivity contribution >= 4 is 23.4 Å². The molecule has 0 radical (unpaired) electrons. The summed E-state index contributed by atoms with van der Waals surface area (Å²) in [6, 6.07) is 11.3. The minimum absolute atomic E-state index is 0.0282. The molecule has 0 spiro atoms. The highest BCUT2D eigenvalue weighted by atomic mass is 19.1. The van der Waals surface area contributed by atoms with Crippen LogP contribution in [0.2, 0.25) is 0 Å².